The van der Waals surface area contributed by atoms with Crippen molar-refractivity contribution in [2.24, 2.45) is 5.92 Å². The van der Waals surface area contributed by atoms with Crippen LogP contribution >= 0.6 is 0 Å². The number of carbonyl (C=O) groups excluding carboxylic acids is 3. The summed E-state index contributed by atoms with van der Waals surface area (Å²) in [6.07, 6.45) is 0. The number of carbonyl (C=O) groups is 3. The molecule has 27 heavy (non-hydrogen) atoms. The Kier molecular flexibility index (Phi) is 4.72. The third-order valence-corrected chi connectivity index (χ3v) is 4.33. The molecule has 0 radical (unpaired) electrons. The molecule has 3 amide bonds. The third-order valence-electron chi connectivity index (χ3n) is 4.33. The van der Waals surface area contributed by atoms with Gasteiger partial charge in [0.1, 0.15) is 6.04 Å². The van der Waals surface area contributed by atoms with E-state index in [9.17, 15) is 24.5 Å². The molecular formula is C19H17N3O5. The SMILES string of the molecule is CC(C)[C@@H](C(=O)Nc1cccc([N+](=O)[O-])c1)N1C(=O)c2ccccc2C1=O. The molecule has 8 heteroatoms. The lowest BCUT2D eigenvalue weighted by molar-refractivity contribution is -0.384. The molecule has 2 aromatic rings. The van der Waals surface area contributed by atoms with Crippen LogP contribution in [0.2, 0.25) is 0 Å². The predicted octanol–water partition coefficient (Wildman–Crippen LogP) is 2.85. The summed E-state index contributed by atoms with van der Waals surface area (Å²) in [4.78, 5) is 49.5. The van der Waals surface area contributed by atoms with Crippen molar-refractivity contribution in [2.75, 3.05) is 5.32 Å². The van der Waals surface area contributed by atoms with Crippen LogP contribution in [0.1, 0.15) is 34.6 Å². The molecule has 1 atom stereocenters. The Balaban J connectivity index is 1.90. The number of fused-ring (bicyclic) bond motifs is 1. The first-order valence-corrected chi connectivity index (χ1v) is 8.33. The number of imide groups is 1. The van der Waals surface area contributed by atoms with Gasteiger partial charge in [0.2, 0.25) is 5.91 Å². The molecule has 0 aromatic heterocycles. The van der Waals surface area contributed by atoms with Gasteiger partial charge in [0, 0.05) is 17.8 Å². The average Bonchev–Trinajstić information content (AvgIpc) is 2.87. The van der Waals surface area contributed by atoms with Gasteiger partial charge in [-0.2, -0.15) is 0 Å². The number of nitro groups is 1. The maximum atomic E-state index is 12.8. The van der Waals surface area contributed by atoms with Gasteiger partial charge in [-0.05, 0) is 24.1 Å². The molecule has 0 spiro atoms. The molecule has 1 N–H and O–H groups in total. The number of anilines is 1. The van der Waals surface area contributed by atoms with E-state index in [0.29, 0.717) is 0 Å². The largest absolute Gasteiger partial charge is 0.324 e. The number of nitro benzene ring substituents is 1. The highest BCUT2D eigenvalue weighted by Gasteiger charge is 2.43. The summed E-state index contributed by atoms with van der Waals surface area (Å²) in [6, 6.07) is 10.8. The lowest BCUT2D eigenvalue weighted by atomic mass is 10.0. The standard InChI is InChI=1S/C19H17N3O5/c1-11(2)16(17(23)20-12-6-5-7-13(10-12)22(26)27)21-18(24)14-8-3-4-9-15(14)19(21)25/h3-11,16H,1-2H3,(H,20,23)/t16-/m0/s1. The quantitative estimate of drug-likeness (QED) is 0.496. The minimum Gasteiger partial charge on any atom is -0.324 e. The van der Waals surface area contributed by atoms with Gasteiger partial charge in [-0.25, -0.2) is 0 Å². The van der Waals surface area contributed by atoms with E-state index in [1.54, 1.807) is 38.1 Å². The van der Waals surface area contributed by atoms with Crippen LogP contribution < -0.4 is 5.32 Å². The summed E-state index contributed by atoms with van der Waals surface area (Å²) in [7, 11) is 0. The van der Waals surface area contributed by atoms with Crippen LogP contribution in [0.15, 0.2) is 48.5 Å². The van der Waals surface area contributed by atoms with Crippen molar-refractivity contribution in [2.45, 2.75) is 19.9 Å². The zero-order chi connectivity index (χ0) is 19.7. The van der Waals surface area contributed by atoms with Crippen molar-refractivity contribution in [1.82, 2.24) is 4.90 Å². The fourth-order valence-corrected chi connectivity index (χ4v) is 3.09. The highest BCUT2D eigenvalue weighted by atomic mass is 16.6. The first kappa shape index (κ1) is 18.2. The summed E-state index contributed by atoms with van der Waals surface area (Å²) in [5, 5.41) is 13.5. The van der Waals surface area contributed by atoms with Crippen LogP contribution in [-0.2, 0) is 4.79 Å². The number of hydrogen-bond donors (Lipinski definition) is 1. The van der Waals surface area contributed by atoms with Gasteiger partial charge in [0.25, 0.3) is 17.5 Å². The zero-order valence-electron chi connectivity index (χ0n) is 14.7. The van der Waals surface area contributed by atoms with E-state index in [1.807, 2.05) is 0 Å². The van der Waals surface area contributed by atoms with Crippen LogP contribution in [0, 0.1) is 16.0 Å². The van der Waals surface area contributed by atoms with Gasteiger partial charge >= 0.3 is 0 Å². The number of hydrogen-bond acceptors (Lipinski definition) is 5. The summed E-state index contributed by atoms with van der Waals surface area (Å²) in [6.45, 7) is 3.45. The minimum atomic E-state index is -1.04. The smallest absolute Gasteiger partial charge is 0.271 e. The van der Waals surface area contributed by atoms with E-state index in [4.69, 9.17) is 0 Å². The molecule has 2 aromatic carbocycles. The number of nitrogens with one attached hydrogen (secondary N) is 1. The monoisotopic (exact) mass is 367 g/mol. The number of rotatable bonds is 5. The summed E-state index contributed by atoms with van der Waals surface area (Å²) in [5.41, 5.74) is 0.568. The third kappa shape index (κ3) is 3.29. The predicted molar refractivity (Wildman–Crippen MR) is 97.3 cm³/mol. The topological polar surface area (TPSA) is 110 Å². The van der Waals surface area contributed by atoms with Crippen molar-refractivity contribution in [1.29, 1.82) is 0 Å². The molecule has 0 bridgehead atoms. The second kappa shape index (κ2) is 6.99. The van der Waals surface area contributed by atoms with Gasteiger partial charge in [0.05, 0.1) is 16.1 Å². The van der Waals surface area contributed by atoms with Gasteiger partial charge in [-0.3, -0.25) is 29.4 Å². The first-order valence-electron chi connectivity index (χ1n) is 8.33. The molecule has 0 aliphatic carbocycles. The lowest BCUT2D eigenvalue weighted by Crippen LogP contribution is -2.50. The molecule has 138 valence electrons. The Morgan fingerprint density at radius 2 is 1.63 bits per heavy atom. The van der Waals surface area contributed by atoms with E-state index < -0.39 is 28.7 Å². The summed E-state index contributed by atoms with van der Waals surface area (Å²) >= 11 is 0. The fourth-order valence-electron chi connectivity index (χ4n) is 3.09. The van der Waals surface area contributed by atoms with E-state index >= 15 is 0 Å². The van der Waals surface area contributed by atoms with E-state index in [2.05, 4.69) is 5.32 Å². The molecule has 1 aliphatic rings. The molecule has 3 rings (SSSR count). The molecule has 0 saturated carbocycles. The molecular weight excluding hydrogens is 350 g/mol. The molecule has 0 fully saturated rings. The van der Waals surface area contributed by atoms with Crippen molar-refractivity contribution < 1.29 is 19.3 Å². The second-order valence-corrected chi connectivity index (χ2v) is 6.51. The van der Waals surface area contributed by atoms with Crippen LogP contribution in [-0.4, -0.2) is 33.6 Å². The van der Waals surface area contributed by atoms with Gasteiger partial charge in [0.15, 0.2) is 0 Å². The molecule has 0 unspecified atom stereocenters. The highest BCUT2D eigenvalue weighted by molar-refractivity contribution is 6.23. The van der Waals surface area contributed by atoms with Crippen LogP contribution in [0.5, 0.6) is 0 Å². The zero-order valence-corrected chi connectivity index (χ0v) is 14.7. The Hall–Kier alpha value is -3.55. The van der Waals surface area contributed by atoms with E-state index in [0.717, 1.165) is 4.90 Å². The Bertz CT molecular complexity index is 919. The van der Waals surface area contributed by atoms with Gasteiger partial charge in [-0.1, -0.05) is 32.0 Å². The van der Waals surface area contributed by atoms with Crippen LogP contribution in [0.25, 0.3) is 0 Å². The van der Waals surface area contributed by atoms with Crippen molar-refractivity contribution >= 4 is 29.1 Å². The summed E-state index contributed by atoms with van der Waals surface area (Å²) in [5.74, 6) is -1.99. The second-order valence-electron chi connectivity index (χ2n) is 6.51. The minimum absolute atomic E-state index is 0.172. The van der Waals surface area contributed by atoms with Crippen LogP contribution in [0.4, 0.5) is 11.4 Å². The van der Waals surface area contributed by atoms with Gasteiger partial charge < -0.3 is 5.32 Å². The fraction of sp³-hybridized carbons (Fsp3) is 0.211. The average molecular weight is 367 g/mol. The van der Waals surface area contributed by atoms with Crippen molar-refractivity contribution in [3.05, 3.63) is 69.8 Å². The first-order chi connectivity index (χ1) is 12.8. The Morgan fingerprint density at radius 1 is 1.04 bits per heavy atom. The van der Waals surface area contributed by atoms with E-state index in [1.165, 1.54) is 24.3 Å². The molecule has 1 heterocycles. The normalized spacial score (nSPS) is 14.3. The highest BCUT2D eigenvalue weighted by Crippen LogP contribution is 2.28. The molecule has 1 aliphatic heterocycles. The summed E-state index contributed by atoms with van der Waals surface area (Å²) < 4.78 is 0. The lowest BCUT2D eigenvalue weighted by Gasteiger charge is -2.28. The van der Waals surface area contributed by atoms with Gasteiger partial charge in [-0.15, -0.1) is 0 Å². The number of nitrogens with zero attached hydrogens (tertiary/aromatic N) is 2. The van der Waals surface area contributed by atoms with E-state index in [-0.39, 0.29) is 28.4 Å². The molecule has 0 saturated heterocycles. The maximum absolute atomic E-state index is 12.8. The Labute approximate surface area is 154 Å². The number of benzene rings is 2. The number of non-ortho nitro benzene ring substituents is 1. The Morgan fingerprint density at radius 3 is 2.15 bits per heavy atom. The van der Waals surface area contributed by atoms with Crippen LogP contribution in [0.3, 0.4) is 0 Å². The number of amides is 3. The molecule has 8 nitrogen and oxygen atoms in total. The van der Waals surface area contributed by atoms with Crippen molar-refractivity contribution in [3.63, 3.8) is 0 Å². The van der Waals surface area contributed by atoms with Crippen molar-refractivity contribution in [3.8, 4) is 0 Å². The maximum Gasteiger partial charge on any atom is 0.271 e.